The van der Waals surface area contributed by atoms with Crippen molar-refractivity contribution in [3.63, 3.8) is 0 Å². The Labute approximate surface area is 112 Å². The van der Waals surface area contributed by atoms with Gasteiger partial charge < -0.3 is 14.8 Å². The van der Waals surface area contributed by atoms with Gasteiger partial charge in [0, 0.05) is 14.2 Å². The molecule has 0 aromatic heterocycles. The van der Waals surface area contributed by atoms with E-state index in [4.69, 9.17) is 9.47 Å². The van der Waals surface area contributed by atoms with E-state index in [1.54, 1.807) is 0 Å². The molecule has 1 N–H and O–H groups in total. The van der Waals surface area contributed by atoms with Crippen LogP contribution in [0.15, 0.2) is 12.1 Å². The fourth-order valence-corrected chi connectivity index (χ4v) is 1.41. The van der Waals surface area contributed by atoms with Crippen LogP contribution in [0.1, 0.15) is 10.4 Å². The summed E-state index contributed by atoms with van der Waals surface area (Å²) in [5, 5.41) is 12.8. The van der Waals surface area contributed by atoms with Crippen molar-refractivity contribution in [2.45, 2.75) is 6.29 Å². The standard InChI is InChI=1S/C11H12F2N2O5/c1-19-9(20-2)5-14-11(16)7-3-6(12)4-8(10(7)13)15(17)18/h3-4,9H,5H2,1-2H3,(H,14,16). The summed E-state index contributed by atoms with van der Waals surface area (Å²) in [7, 11) is 2.65. The van der Waals surface area contributed by atoms with Crippen LogP contribution in [0.4, 0.5) is 14.5 Å². The molecule has 0 bridgehead atoms. The van der Waals surface area contributed by atoms with Crippen LogP contribution in [0, 0.1) is 21.7 Å². The molecule has 7 nitrogen and oxygen atoms in total. The van der Waals surface area contributed by atoms with Gasteiger partial charge in [-0.2, -0.15) is 4.39 Å². The van der Waals surface area contributed by atoms with Crippen molar-refractivity contribution >= 4 is 11.6 Å². The molecule has 0 saturated heterocycles. The van der Waals surface area contributed by atoms with E-state index in [1.807, 2.05) is 0 Å². The molecular formula is C11H12F2N2O5. The third-order valence-corrected chi connectivity index (χ3v) is 2.41. The van der Waals surface area contributed by atoms with Crippen molar-refractivity contribution in [3.05, 3.63) is 39.4 Å². The Kier molecular flexibility index (Phi) is 5.47. The molecule has 0 fully saturated rings. The molecular weight excluding hydrogens is 278 g/mol. The minimum absolute atomic E-state index is 0.129. The number of rotatable bonds is 6. The van der Waals surface area contributed by atoms with Gasteiger partial charge in [0.05, 0.1) is 23.1 Å². The lowest BCUT2D eigenvalue weighted by Crippen LogP contribution is -2.34. The molecule has 0 saturated carbocycles. The van der Waals surface area contributed by atoms with Crippen LogP contribution in [0.3, 0.4) is 0 Å². The Balaban J connectivity index is 2.96. The fraction of sp³-hybridized carbons (Fsp3) is 0.364. The SMILES string of the molecule is COC(CNC(=O)c1cc(F)cc([N+](=O)[O-])c1F)OC. The number of ether oxygens (including phenoxy) is 2. The highest BCUT2D eigenvalue weighted by atomic mass is 19.1. The summed E-state index contributed by atoms with van der Waals surface area (Å²) in [6, 6.07) is 0.978. The van der Waals surface area contributed by atoms with Gasteiger partial charge >= 0.3 is 5.69 Å². The van der Waals surface area contributed by atoms with Gasteiger partial charge in [-0.05, 0) is 6.07 Å². The second kappa shape index (κ2) is 6.87. The highest BCUT2D eigenvalue weighted by Gasteiger charge is 2.24. The minimum Gasteiger partial charge on any atom is -0.354 e. The summed E-state index contributed by atoms with van der Waals surface area (Å²) in [4.78, 5) is 21.1. The summed E-state index contributed by atoms with van der Waals surface area (Å²) in [6.45, 7) is -0.129. The molecule has 0 atom stereocenters. The van der Waals surface area contributed by atoms with Crippen LogP contribution in [-0.2, 0) is 9.47 Å². The van der Waals surface area contributed by atoms with Crippen LogP contribution in [0.25, 0.3) is 0 Å². The number of hydrogen-bond acceptors (Lipinski definition) is 5. The van der Waals surface area contributed by atoms with E-state index in [0.717, 1.165) is 0 Å². The largest absolute Gasteiger partial charge is 0.354 e. The van der Waals surface area contributed by atoms with Gasteiger partial charge in [-0.15, -0.1) is 0 Å². The fourth-order valence-electron chi connectivity index (χ4n) is 1.41. The van der Waals surface area contributed by atoms with E-state index < -0.39 is 40.0 Å². The first-order valence-electron chi connectivity index (χ1n) is 5.38. The summed E-state index contributed by atoms with van der Waals surface area (Å²) < 4.78 is 36.4. The number of carbonyl (C=O) groups excluding carboxylic acids is 1. The van der Waals surface area contributed by atoms with Crippen molar-refractivity contribution in [1.29, 1.82) is 0 Å². The molecule has 1 amide bonds. The summed E-state index contributed by atoms with van der Waals surface area (Å²) >= 11 is 0. The minimum atomic E-state index is -1.40. The number of halogens is 2. The van der Waals surface area contributed by atoms with E-state index in [0.29, 0.717) is 12.1 Å². The molecule has 20 heavy (non-hydrogen) atoms. The first kappa shape index (κ1) is 15.9. The Bertz CT molecular complexity index is 520. The normalized spacial score (nSPS) is 10.7. The van der Waals surface area contributed by atoms with Crippen LogP contribution in [0.5, 0.6) is 0 Å². The summed E-state index contributed by atoms with van der Waals surface area (Å²) in [6.07, 6.45) is -0.773. The van der Waals surface area contributed by atoms with E-state index in [1.165, 1.54) is 14.2 Å². The zero-order valence-corrected chi connectivity index (χ0v) is 10.7. The number of nitro benzene ring substituents is 1. The number of nitrogens with one attached hydrogen (secondary N) is 1. The molecule has 1 aromatic rings. The zero-order valence-electron chi connectivity index (χ0n) is 10.7. The monoisotopic (exact) mass is 290 g/mol. The van der Waals surface area contributed by atoms with Gasteiger partial charge in [-0.1, -0.05) is 0 Å². The smallest absolute Gasteiger partial charge is 0.308 e. The van der Waals surface area contributed by atoms with E-state index in [-0.39, 0.29) is 6.54 Å². The number of benzene rings is 1. The number of carbonyl (C=O) groups is 1. The van der Waals surface area contributed by atoms with Crippen LogP contribution < -0.4 is 5.32 Å². The highest BCUT2D eigenvalue weighted by Crippen LogP contribution is 2.22. The van der Waals surface area contributed by atoms with Crippen molar-refractivity contribution < 1.29 is 28.0 Å². The predicted octanol–water partition coefficient (Wildman–Crippen LogP) is 1.22. The van der Waals surface area contributed by atoms with Crippen molar-refractivity contribution in [2.75, 3.05) is 20.8 Å². The topological polar surface area (TPSA) is 90.7 Å². The van der Waals surface area contributed by atoms with Gasteiger partial charge in [0.15, 0.2) is 6.29 Å². The Morgan fingerprint density at radius 2 is 2.00 bits per heavy atom. The highest BCUT2D eigenvalue weighted by molar-refractivity contribution is 5.95. The van der Waals surface area contributed by atoms with Gasteiger partial charge in [0.2, 0.25) is 5.82 Å². The molecule has 110 valence electrons. The lowest BCUT2D eigenvalue weighted by Gasteiger charge is -2.14. The third-order valence-electron chi connectivity index (χ3n) is 2.41. The summed E-state index contributed by atoms with van der Waals surface area (Å²) in [5.41, 5.74) is -1.87. The average Bonchev–Trinajstić information content (AvgIpc) is 2.41. The Hall–Kier alpha value is -2.13. The second-order valence-corrected chi connectivity index (χ2v) is 3.65. The number of hydrogen-bond donors (Lipinski definition) is 1. The molecule has 0 aliphatic heterocycles. The molecule has 0 aliphatic rings. The van der Waals surface area contributed by atoms with Crippen LogP contribution >= 0.6 is 0 Å². The first-order chi connectivity index (χ1) is 9.40. The molecule has 9 heteroatoms. The van der Waals surface area contributed by atoms with Crippen molar-refractivity contribution in [2.24, 2.45) is 0 Å². The number of nitro groups is 1. The Morgan fingerprint density at radius 3 is 2.50 bits per heavy atom. The molecule has 0 unspecified atom stereocenters. The maximum atomic E-state index is 13.7. The molecule has 0 radical (unpaired) electrons. The quantitative estimate of drug-likeness (QED) is 0.483. The van der Waals surface area contributed by atoms with E-state index in [2.05, 4.69) is 5.32 Å². The molecule has 0 aliphatic carbocycles. The second-order valence-electron chi connectivity index (χ2n) is 3.65. The van der Waals surface area contributed by atoms with Gasteiger partial charge in [-0.3, -0.25) is 14.9 Å². The van der Waals surface area contributed by atoms with E-state index in [9.17, 15) is 23.7 Å². The van der Waals surface area contributed by atoms with E-state index >= 15 is 0 Å². The van der Waals surface area contributed by atoms with Crippen LogP contribution in [-0.4, -0.2) is 37.9 Å². The maximum Gasteiger partial charge on any atom is 0.308 e. The molecule has 1 rings (SSSR count). The third kappa shape index (κ3) is 3.68. The molecule has 0 heterocycles. The van der Waals surface area contributed by atoms with Gasteiger partial charge in [0.25, 0.3) is 5.91 Å². The first-order valence-corrected chi connectivity index (χ1v) is 5.38. The summed E-state index contributed by atoms with van der Waals surface area (Å²) in [5.74, 6) is -3.50. The predicted molar refractivity (Wildman–Crippen MR) is 63.2 cm³/mol. The van der Waals surface area contributed by atoms with Crippen molar-refractivity contribution in [1.82, 2.24) is 5.32 Å². The molecule has 0 spiro atoms. The number of nitrogens with zero attached hydrogens (tertiary/aromatic N) is 1. The average molecular weight is 290 g/mol. The lowest BCUT2D eigenvalue weighted by molar-refractivity contribution is -0.387. The number of methoxy groups -OCH3 is 2. The van der Waals surface area contributed by atoms with Gasteiger partial charge in [-0.25, -0.2) is 4.39 Å². The zero-order chi connectivity index (χ0) is 15.3. The number of amides is 1. The lowest BCUT2D eigenvalue weighted by atomic mass is 10.1. The Morgan fingerprint density at radius 1 is 1.40 bits per heavy atom. The van der Waals surface area contributed by atoms with Gasteiger partial charge in [0.1, 0.15) is 5.82 Å². The van der Waals surface area contributed by atoms with Crippen molar-refractivity contribution in [3.8, 4) is 0 Å². The van der Waals surface area contributed by atoms with Crippen LogP contribution in [0.2, 0.25) is 0 Å². The maximum absolute atomic E-state index is 13.7. The molecule has 1 aromatic carbocycles.